The van der Waals surface area contributed by atoms with Crippen molar-refractivity contribution in [3.63, 3.8) is 0 Å². The largest absolute Gasteiger partial charge is 0.493 e. The minimum atomic E-state index is -0.888. The van der Waals surface area contributed by atoms with Crippen molar-refractivity contribution in [3.05, 3.63) is 93.0 Å². The maximum atomic E-state index is 12.0. The lowest BCUT2D eigenvalue weighted by atomic mass is 10.1. The van der Waals surface area contributed by atoms with Gasteiger partial charge in [0.2, 0.25) is 0 Å². The molecule has 0 bridgehead atoms. The van der Waals surface area contributed by atoms with Crippen LogP contribution in [-0.2, 0) is 22.7 Å². The summed E-state index contributed by atoms with van der Waals surface area (Å²) in [5.74, 6) is -0.957. The van der Waals surface area contributed by atoms with Gasteiger partial charge in [-0.25, -0.2) is 5.43 Å². The lowest BCUT2D eigenvalue weighted by molar-refractivity contribution is -0.139. The molecule has 0 spiro atoms. The average Bonchev–Trinajstić information content (AvgIpc) is 2.83. The van der Waals surface area contributed by atoms with Crippen LogP contribution in [0.1, 0.15) is 22.3 Å². The molecule has 7 nitrogen and oxygen atoms in total. The molecule has 0 heterocycles. The van der Waals surface area contributed by atoms with Crippen LogP contribution < -0.4 is 20.2 Å². The highest BCUT2D eigenvalue weighted by Crippen LogP contribution is 2.37. The number of aryl methyl sites for hydroxylation is 1. The van der Waals surface area contributed by atoms with Crippen molar-refractivity contribution < 1.29 is 19.1 Å². The summed E-state index contributed by atoms with van der Waals surface area (Å²) in [5.41, 5.74) is 5.52. The first-order valence-corrected chi connectivity index (χ1v) is 11.0. The van der Waals surface area contributed by atoms with Crippen LogP contribution in [0.4, 0.5) is 0 Å². The molecule has 34 heavy (non-hydrogen) atoms. The van der Waals surface area contributed by atoms with Gasteiger partial charge < -0.3 is 14.8 Å². The van der Waals surface area contributed by atoms with Crippen molar-refractivity contribution in [1.82, 2.24) is 10.7 Å². The summed E-state index contributed by atoms with van der Waals surface area (Å²) in [6.45, 7) is 2.41. The molecule has 0 saturated heterocycles. The lowest BCUT2D eigenvalue weighted by Crippen LogP contribution is -2.37. The Bertz CT molecular complexity index is 1200. The number of methoxy groups -OCH3 is 1. The Morgan fingerprint density at radius 3 is 2.44 bits per heavy atom. The second kappa shape index (κ2) is 12.1. The van der Waals surface area contributed by atoms with E-state index in [1.165, 1.54) is 13.3 Å². The van der Waals surface area contributed by atoms with Crippen molar-refractivity contribution in [2.45, 2.75) is 20.1 Å². The molecule has 0 aliphatic carbocycles. The molecule has 0 saturated carbocycles. The Balaban J connectivity index is 1.57. The number of nitrogens with zero attached hydrogens (tertiary/aromatic N) is 1. The fourth-order valence-electron chi connectivity index (χ4n) is 2.90. The zero-order chi connectivity index (χ0) is 24.5. The van der Waals surface area contributed by atoms with E-state index < -0.39 is 11.8 Å². The van der Waals surface area contributed by atoms with E-state index in [0.29, 0.717) is 22.1 Å². The molecule has 176 valence electrons. The van der Waals surface area contributed by atoms with Gasteiger partial charge in [-0.1, -0.05) is 71.2 Å². The predicted molar refractivity (Wildman–Crippen MR) is 133 cm³/mol. The van der Waals surface area contributed by atoms with Crippen molar-refractivity contribution >= 4 is 41.2 Å². The SMILES string of the molecule is COc1cc(/C=N\NC(=O)C(=O)NCc2ccc(C)cc2)cc(Cl)c1OCc1ccccc1Cl. The number of hydrogen-bond acceptors (Lipinski definition) is 5. The van der Waals surface area contributed by atoms with Crippen molar-refractivity contribution in [2.24, 2.45) is 5.10 Å². The Morgan fingerprint density at radius 1 is 1.00 bits per heavy atom. The molecule has 0 aliphatic rings. The third kappa shape index (κ3) is 6.97. The van der Waals surface area contributed by atoms with Gasteiger partial charge >= 0.3 is 11.8 Å². The highest BCUT2D eigenvalue weighted by molar-refractivity contribution is 6.35. The number of amides is 2. The second-order valence-electron chi connectivity index (χ2n) is 7.28. The number of hydrazone groups is 1. The average molecular weight is 500 g/mol. The van der Waals surface area contributed by atoms with E-state index in [-0.39, 0.29) is 18.2 Å². The van der Waals surface area contributed by atoms with Gasteiger partial charge in [0.15, 0.2) is 11.5 Å². The van der Waals surface area contributed by atoms with Gasteiger partial charge in [-0.3, -0.25) is 9.59 Å². The number of rotatable bonds is 8. The first-order valence-electron chi connectivity index (χ1n) is 10.3. The second-order valence-corrected chi connectivity index (χ2v) is 8.10. The third-order valence-electron chi connectivity index (χ3n) is 4.74. The van der Waals surface area contributed by atoms with E-state index in [9.17, 15) is 9.59 Å². The van der Waals surface area contributed by atoms with Gasteiger partial charge in [0.05, 0.1) is 18.3 Å². The predicted octanol–water partition coefficient (Wildman–Crippen LogP) is 4.66. The first kappa shape index (κ1) is 25.1. The molecule has 0 aromatic heterocycles. The van der Waals surface area contributed by atoms with E-state index in [1.807, 2.05) is 49.4 Å². The number of halogens is 2. The van der Waals surface area contributed by atoms with Crippen molar-refractivity contribution in [2.75, 3.05) is 7.11 Å². The summed E-state index contributed by atoms with van der Waals surface area (Å²) in [4.78, 5) is 24.0. The topological polar surface area (TPSA) is 89.0 Å². The lowest BCUT2D eigenvalue weighted by Gasteiger charge is -2.14. The first-order chi connectivity index (χ1) is 16.4. The van der Waals surface area contributed by atoms with Crippen LogP contribution >= 0.6 is 23.2 Å². The normalized spacial score (nSPS) is 10.7. The smallest absolute Gasteiger partial charge is 0.329 e. The molecule has 9 heteroatoms. The maximum Gasteiger partial charge on any atom is 0.329 e. The molecule has 2 amide bonds. The van der Waals surface area contributed by atoms with E-state index in [4.69, 9.17) is 32.7 Å². The quantitative estimate of drug-likeness (QED) is 0.268. The van der Waals surface area contributed by atoms with Crippen LogP contribution in [0, 0.1) is 6.92 Å². The van der Waals surface area contributed by atoms with E-state index in [1.54, 1.807) is 18.2 Å². The fraction of sp³-hybridized carbons (Fsp3) is 0.160. The number of benzene rings is 3. The Hall–Kier alpha value is -3.55. The van der Waals surface area contributed by atoms with Crippen molar-refractivity contribution in [1.29, 1.82) is 0 Å². The highest BCUT2D eigenvalue weighted by Gasteiger charge is 2.14. The number of nitrogens with one attached hydrogen (secondary N) is 2. The summed E-state index contributed by atoms with van der Waals surface area (Å²) in [6, 6.07) is 18.2. The standard InChI is InChI=1S/C25H23Cl2N3O4/c1-16-7-9-17(10-8-16)13-28-24(31)25(32)30-29-14-18-11-21(27)23(22(12-18)33-2)34-15-19-5-3-4-6-20(19)26/h3-12,14H,13,15H2,1-2H3,(H,28,31)(H,30,32)/b29-14-. The van der Waals surface area contributed by atoms with Crippen LogP contribution in [0.25, 0.3) is 0 Å². The van der Waals surface area contributed by atoms with Crippen LogP contribution in [0.5, 0.6) is 11.5 Å². The molecular formula is C25H23Cl2N3O4. The molecule has 0 unspecified atom stereocenters. The highest BCUT2D eigenvalue weighted by atomic mass is 35.5. The van der Waals surface area contributed by atoms with Gasteiger partial charge in [0, 0.05) is 17.1 Å². The minimum absolute atomic E-state index is 0.205. The molecule has 0 aliphatic heterocycles. The van der Waals surface area contributed by atoms with E-state index in [0.717, 1.165) is 16.7 Å². The summed E-state index contributed by atoms with van der Waals surface area (Å²) in [6.07, 6.45) is 1.34. The van der Waals surface area contributed by atoms with Crippen molar-refractivity contribution in [3.8, 4) is 11.5 Å². The van der Waals surface area contributed by atoms with Gasteiger partial charge in [0.1, 0.15) is 6.61 Å². The Kier molecular flexibility index (Phi) is 8.90. The molecule has 0 atom stereocenters. The number of carbonyl (C=O) groups is 2. The molecule has 3 rings (SSSR count). The Morgan fingerprint density at radius 2 is 1.74 bits per heavy atom. The molecule has 2 N–H and O–H groups in total. The van der Waals surface area contributed by atoms with Gasteiger partial charge in [-0.15, -0.1) is 0 Å². The molecule has 0 fully saturated rings. The van der Waals surface area contributed by atoms with Gasteiger partial charge in [0.25, 0.3) is 0 Å². The minimum Gasteiger partial charge on any atom is -0.493 e. The van der Waals surface area contributed by atoms with Crippen LogP contribution in [0.15, 0.2) is 65.8 Å². The monoisotopic (exact) mass is 499 g/mol. The number of carbonyl (C=O) groups excluding carboxylic acids is 2. The molecule has 3 aromatic rings. The summed E-state index contributed by atoms with van der Waals surface area (Å²) >= 11 is 12.5. The van der Waals surface area contributed by atoms with Crippen LogP contribution in [0.2, 0.25) is 10.0 Å². The zero-order valence-electron chi connectivity index (χ0n) is 18.6. The summed E-state index contributed by atoms with van der Waals surface area (Å²) in [5, 5.41) is 7.23. The molecule has 3 aromatic carbocycles. The number of hydrogen-bond donors (Lipinski definition) is 2. The summed E-state index contributed by atoms with van der Waals surface area (Å²) in [7, 11) is 1.48. The molecular weight excluding hydrogens is 477 g/mol. The third-order valence-corrected chi connectivity index (χ3v) is 5.39. The van der Waals surface area contributed by atoms with E-state index in [2.05, 4.69) is 15.8 Å². The maximum absolute atomic E-state index is 12.0. The summed E-state index contributed by atoms with van der Waals surface area (Å²) < 4.78 is 11.2. The van der Waals surface area contributed by atoms with Gasteiger partial charge in [-0.05, 0) is 36.2 Å². The molecule has 0 radical (unpaired) electrons. The van der Waals surface area contributed by atoms with Gasteiger partial charge in [-0.2, -0.15) is 5.10 Å². The zero-order valence-corrected chi connectivity index (χ0v) is 20.1. The van der Waals surface area contributed by atoms with Crippen LogP contribution in [0.3, 0.4) is 0 Å². The Labute approximate surface area is 207 Å². The van der Waals surface area contributed by atoms with Crippen LogP contribution in [-0.4, -0.2) is 25.1 Å². The van der Waals surface area contributed by atoms with E-state index >= 15 is 0 Å². The number of ether oxygens (including phenoxy) is 2. The fourth-order valence-corrected chi connectivity index (χ4v) is 3.37.